The average molecular weight is 205 g/mol. The van der Waals surface area contributed by atoms with E-state index in [1.54, 1.807) is 0 Å². The zero-order valence-corrected chi connectivity index (χ0v) is 7.56. The zero-order valence-electron chi connectivity index (χ0n) is 7.56. The molecule has 2 N–H and O–H groups in total. The van der Waals surface area contributed by atoms with E-state index in [0.29, 0.717) is 0 Å². The largest absolute Gasteiger partial charge is 0.494 e. The molecule has 0 aromatic heterocycles. The van der Waals surface area contributed by atoms with Crippen molar-refractivity contribution >= 4 is 0 Å². The van der Waals surface area contributed by atoms with Crippen LogP contribution in [0, 0.1) is 11.6 Å². The predicted molar refractivity (Wildman–Crippen MR) is 45.8 cm³/mol. The SMILES string of the molecule is COc1cc(F)c([C@H](N)CF)cc1F. The molecule has 0 aliphatic heterocycles. The Morgan fingerprint density at radius 1 is 1.36 bits per heavy atom. The molecule has 1 aromatic carbocycles. The highest BCUT2D eigenvalue weighted by Crippen LogP contribution is 2.24. The fourth-order valence-corrected chi connectivity index (χ4v) is 1.07. The van der Waals surface area contributed by atoms with Gasteiger partial charge in [-0.25, -0.2) is 13.2 Å². The molecule has 0 aliphatic rings. The molecule has 1 aromatic rings. The molecule has 1 atom stereocenters. The molecule has 5 heteroatoms. The third-order valence-electron chi connectivity index (χ3n) is 1.84. The van der Waals surface area contributed by atoms with Gasteiger partial charge in [0.1, 0.15) is 12.5 Å². The lowest BCUT2D eigenvalue weighted by Crippen LogP contribution is -2.14. The number of rotatable bonds is 3. The van der Waals surface area contributed by atoms with Gasteiger partial charge >= 0.3 is 0 Å². The van der Waals surface area contributed by atoms with Crippen molar-refractivity contribution in [2.24, 2.45) is 5.73 Å². The molecule has 0 amide bonds. The monoisotopic (exact) mass is 205 g/mol. The fraction of sp³-hybridized carbons (Fsp3) is 0.333. The lowest BCUT2D eigenvalue weighted by molar-refractivity contribution is 0.377. The first-order valence-corrected chi connectivity index (χ1v) is 3.94. The zero-order chi connectivity index (χ0) is 10.7. The minimum atomic E-state index is -1.14. The highest BCUT2D eigenvalue weighted by atomic mass is 19.1. The minimum Gasteiger partial charge on any atom is -0.494 e. The van der Waals surface area contributed by atoms with Crippen LogP contribution in [0.2, 0.25) is 0 Å². The summed E-state index contributed by atoms with van der Waals surface area (Å²) in [7, 11) is 1.21. The maximum absolute atomic E-state index is 13.2. The van der Waals surface area contributed by atoms with Gasteiger partial charge in [0.05, 0.1) is 13.2 Å². The first kappa shape index (κ1) is 10.8. The lowest BCUT2D eigenvalue weighted by Gasteiger charge is -2.10. The van der Waals surface area contributed by atoms with E-state index in [1.165, 1.54) is 7.11 Å². The molecule has 0 radical (unpaired) electrons. The number of hydrogen-bond acceptors (Lipinski definition) is 2. The average Bonchev–Trinajstić information content (AvgIpc) is 2.19. The molecule has 2 nitrogen and oxygen atoms in total. The van der Waals surface area contributed by atoms with Gasteiger partial charge in [0.2, 0.25) is 0 Å². The summed E-state index contributed by atoms with van der Waals surface area (Å²) in [6.45, 7) is -0.942. The van der Waals surface area contributed by atoms with Gasteiger partial charge in [-0.3, -0.25) is 0 Å². The van der Waals surface area contributed by atoms with Gasteiger partial charge in [0, 0.05) is 11.6 Å². The number of ether oxygens (including phenoxy) is 1. The molecule has 14 heavy (non-hydrogen) atoms. The number of alkyl halides is 1. The van der Waals surface area contributed by atoms with Crippen molar-refractivity contribution < 1.29 is 17.9 Å². The second-order valence-electron chi connectivity index (χ2n) is 2.77. The number of methoxy groups -OCH3 is 1. The van der Waals surface area contributed by atoms with E-state index in [1.807, 2.05) is 0 Å². The maximum Gasteiger partial charge on any atom is 0.165 e. The second kappa shape index (κ2) is 4.32. The smallest absolute Gasteiger partial charge is 0.165 e. The summed E-state index contributed by atoms with van der Waals surface area (Å²) in [4.78, 5) is 0. The summed E-state index contributed by atoms with van der Waals surface area (Å²) >= 11 is 0. The van der Waals surface area contributed by atoms with Gasteiger partial charge in [-0.05, 0) is 6.07 Å². The maximum atomic E-state index is 13.2. The van der Waals surface area contributed by atoms with Crippen molar-refractivity contribution in [3.8, 4) is 5.75 Å². The van der Waals surface area contributed by atoms with E-state index >= 15 is 0 Å². The Kier molecular flexibility index (Phi) is 3.35. The van der Waals surface area contributed by atoms with E-state index in [-0.39, 0.29) is 11.3 Å². The van der Waals surface area contributed by atoms with Gasteiger partial charge in [0.15, 0.2) is 11.6 Å². The van der Waals surface area contributed by atoms with E-state index in [4.69, 9.17) is 5.73 Å². The topological polar surface area (TPSA) is 35.2 Å². The van der Waals surface area contributed by atoms with Crippen LogP contribution in [0.15, 0.2) is 12.1 Å². The van der Waals surface area contributed by atoms with Gasteiger partial charge in [-0.2, -0.15) is 0 Å². The van der Waals surface area contributed by atoms with Crippen LogP contribution in [0.5, 0.6) is 5.75 Å². The van der Waals surface area contributed by atoms with Crippen LogP contribution in [0.25, 0.3) is 0 Å². The first-order valence-electron chi connectivity index (χ1n) is 3.94. The van der Waals surface area contributed by atoms with Crippen molar-refractivity contribution in [2.45, 2.75) is 6.04 Å². The van der Waals surface area contributed by atoms with E-state index in [0.717, 1.165) is 12.1 Å². The van der Waals surface area contributed by atoms with Gasteiger partial charge < -0.3 is 10.5 Å². The van der Waals surface area contributed by atoms with Crippen molar-refractivity contribution in [1.29, 1.82) is 0 Å². The van der Waals surface area contributed by atoms with Crippen molar-refractivity contribution in [2.75, 3.05) is 13.8 Å². The molecule has 78 valence electrons. The van der Waals surface area contributed by atoms with Gasteiger partial charge in [-0.1, -0.05) is 0 Å². The summed E-state index contributed by atoms with van der Waals surface area (Å²) in [5.41, 5.74) is 5.04. The van der Waals surface area contributed by atoms with Crippen molar-refractivity contribution in [3.63, 3.8) is 0 Å². The van der Waals surface area contributed by atoms with Crippen molar-refractivity contribution in [1.82, 2.24) is 0 Å². The summed E-state index contributed by atoms with van der Waals surface area (Å²) in [6.07, 6.45) is 0. The van der Waals surface area contributed by atoms with E-state index in [2.05, 4.69) is 4.74 Å². The minimum absolute atomic E-state index is 0.189. The van der Waals surface area contributed by atoms with Crippen LogP contribution in [0.1, 0.15) is 11.6 Å². The molecule has 1 rings (SSSR count). The summed E-state index contributed by atoms with van der Waals surface area (Å²) in [5.74, 6) is -1.75. The van der Waals surface area contributed by atoms with Crippen LogP contribution >= 0.6 is 0 Å². The van der Waals surface area contributed by atoms with E-state index in [9.17, 15) is 13.2 Å². The Morgan fingerprint density at radius 3 is 2.50 bits per heavy atom. The number of nitrogens with two attached hydrogens (primary N) is 1. The van der Waals surface area contributed by atoms with Crippen molar-refractivity contribution in [3.05, 3.63) is 29.3 Å². The highest BCUT2D eigenvalue weighted by molar-refractivity contribution is 5.32. The Balaban J connectivity index is 3.14. The number of halogens is 3. The summed E-state index contributed by atoms with van der Waals surface area (Å²) < 4.78 is 42.9. The summed E-state index contributed by atoms with van der Waals surface area (Å²) in [5, 5.41) is 0. The molecular formula is C9H10F3NO. The second-order valence-corrected chi connectivity index (χ2v) is 2.77. The van der Waals surface area contributed by atoms with Gasteiger partial charge in [-0.15, -0.1) is 0 Å². The molecule has 0 spiro atoms. The molecular weight excluding hydrogens is 195 g/mol. The van der Waals surface area contributed by atoms with Crippen LogP contribution in [0.3, 0.4) is 0 Å². The molecule has 0 fully saturated rings. The number of benzene rings is 1. The first-order chi connectivity index (χ1) is 6.60. The third-order valence-corrected chi connectivity index (χ3v) is 1.84. The van der Waals surface area contributed by atoms with Crippen LogP contribution in [0.4, 0.5) is 13.2 Å². The third kappa shape index (κ3) is 1.98. The number of hydrogen-bond donors (Lipinski definition) is 1. The molecule has 0 saturated heterocycles. The Morgan fingerprint density at radius 2 is 2.00 bits per heavy atom. The fourth-order valence-electron chi connectivity index (χ4n) is 1.07. The predicted octanol–water partition coefficient (Wildman–Crippen LogP) is 1.94. The van der Waals surface area contributed by atoms with Crippen LogP contribution in [-0.4, -0.2) is 13.8 Å². The van der Waals surface area contributed by atoms with Gasteiger partial charge in [0.25, 0.3) is 0 Å². The van der Waals surface area contributed by atoms with Crippen LogP contribution < -0.4 is 10.5 Å². The molecule has 0 saturated carbocycles. The van der Waals surface area contributed by atoms with Crippen LogP contribution in [-0.2, 0) is 0 Å². The highest BCUT2D eigenvalue weighted by Gasteiger charge is 2.15. The molecule has 0 heterocycles. The standard InChI is InChI=1S/C9H10F3NO/c1-14-9-3-6(11)5(2-7(9)12)8(13)4-10/h2-3,8H,4,13H2,1H3/t8-/m1/s1. The summed E-state index contributed by atoms with van der Waals surface area (Å²) in [6, 6.07) is 0.550. The lowest BCUT2D eigenvalue weighted by atomic mass is 10.1. The quantitative estimate of drug-likeness (QED) is 0.818. The molecule has 0 aliphatic carbocycles. The normalized spacial score (nSPS) is 12.6. The molecule has 0 bridgehead atoms. The molecule has 0 unspecified atom stereocenters. The van der Waals surface area contributed by atoms with E-state index < -0.39 is 24.4 Å². The Bertz CT molecular complexity index is 330. The Labute approximate surface area is 79.5 Å². The Hall–Kier alpha value is -1.23.